The van der Waals surface area contributed by atoms with Gasteiger partial charge in [-0.15, -0.1) is 0 Å². The lowest BCUT2D eigenvalue weighted by Crippen LogP contribution is -2.28. The van der Waals surface area contributed by atoms with Crippen LogP contribution in [0.5, 0.6) is 17.2 Å². The molecule has 0 spiro atoms. The Bertz CT molecular complexity index is 1060. The lowest BCUT2D eigenvalue weighted by atomic mass is 10.0. The summed E-state index contributed by atoms with van der Waals surface area (Å²) in [5.74, 6) is 1.04. The van der Waals surface area contributed by atoms with Crippen molar-refractivity contribution in [2.45, 2.75) is 18.9 Å². The molecule has 1 heterocycles. The van der Waals surface area contributed by atoms with Crippen LogP contribution in [0.2, 0.25) is 0 Å². The molecule has 1 aliphatic rings. The molecule has 1 saturated carbocycles. The number of amides is 1. The van der Waals surface area contributed by atoms with Gasteiger partial charge in [0.2, 0.25) is 5.91 Å². The summed E-state index contributed by atoms with van der Waals surface area (Å²) in [6.45, 7) is 0. The SMILES string of the molecule is COc1ccc(C(NC(=O)/C=C/c2ccc(Oc3cccnc3)c(F)c2)C2CC2)cc1. The molecule has 1 N–H and O–H groups in total. The number of pyridine rings is 1. The Morgan fingerprint density at radius 1 is 1.16 bits per heavy atom. The van der Waals surface area contributed by atoms with Crippen molar-refractivity contribution >= 4 is 12.0 Å². The summed E-state index contributed by atoms with van der Waals surface area (Å²) in [6.07, 6.45) is 8.31. The molecule has 0 aliphatic heterocycles. The number of carbonyl (C=O) groups is 1. The van der Waals surface area contributed by atoms with Crippen molar-refractivity contribution in [3.8, 4) is 17.2 Å². The molecule has 1 unspecified atom stereocenters. The molecule has 3 aromatic rings. The van der Waals surface area contributed by atoms with Gasteiger partial charge in [-0.2, -0.15) is 0 Å². The fraction of sp³-hybridized carbons (Fsp3) is 0.200. The maximum Gasteiger partial charge on any atom is 0.244 e. The third-order valence-corrected chi connectivity index (χ3v) is 5.11. The third kappa shape index (κ3) is 5.48. The summed E-state index contributed by atoms with van der Waals surface area (Å²) in [7, 11) is 1.63. The van der Waals surface area contributed by atoms with Crippen LogP contribution in [-0.4, -0.2) is 18.0 Å². The van der Waals surface area contributed by atoms with E-state index in [1.165, 1.54) is 24.4 Å². The van der Waals surface area contributed by atoms with E-state index < -0.39 is 5.82 Å². The van der Waals surface area contributed by atoms with E-state index in [2.05, 4.69) is 10.3 Å². The normalized spacial score (nSPS) is 14.3. The van der Waals surface area contributed by atoms with Crippen molar-refractivity contribution in [1.82, 2.24) is 10.3 Å². The Morgan fingerprint density at radius 3 is 2.61 bits per heavy atom. The molecule has 1 amide bonds. The third-order valence-electron chi connectivity index (χ3n) is 5.11. The largest absolute Gasteiger partial charge is 0.497 e. The Kier molecular flexibility index (Phi) is 6.26. The number of hydrogen-bond donors (Lipinski definition) is 1. The number of nitrogens with one attached hydrogen (secondary N) is 1. The van der Waals surface area contributed by atoms with Crippen molar-refractivity contribution in [3.63, 3.8) is 0 Å². The van der Waals surface area contributed by atoms with E-state index in [1.54, 1.807) is 37.6 Å². The van der Waals surface area contributed by atoms with Crippen molar-refractivity contribution < 1.29 is 18.7 Å². The molecule has 5 nitrogen and oxygen atoms in total. The number of ether oxygens (including phenoxy) is 2. The maximum atomic E-state index is 14.4. The number of aromatic nitrogens is 1. The minimum Gasteiger partial charge on any atom is -0.497 e. The molecule has 1 atom stereocenters. The van der Waals surface area contributed by atoms with E-state index in [0.29, 0.717) is 17.2 Å². The summed E-state index contributed by atoms with van der Waals surface area (Å²) in [4.78, 5) is 16.4. The van der Waals surface area contributed by atoms with Crippen LogP contribution in [0.1, 0.15) is 30.0 Å². The molecule has 158 valence electrons. The summed E-state index contributed by atoms with van der Waals surface area (Å²) >= 11 is 0. The first kappa shape index (κ1) is 20.6. The molecule has 0 saturated heterocycles. The molecular weight excluding hydrogens is 395 g/mol. The average molecular weight is 418 g/mol. The second-order valence-electron chi connectivity index (χ2n) is 7.41. The summed E-state index contributed by atoms with van der Waals surface area (Å²) < 4.78 is 25.1. The summed E-state index contributed by atoms with van der Waals surface area (Å²) in [5, 5.41) is 3.07. The fourth-order valence-electron chi connectivity index (χ4n) is 3.33. The topological polar surface area (TPSA) is 60.5 Å². The van der Waals surface area contributed by atoms with Gasteiger partial charge in [0.05, 0.1) is 19.3 Å². The number of nitrogens with zero attached hydrogens (tertiary/aromatic N) is 1. The maximum absolute atomic E-state index is 14.4. The number of hydrogen-bond acceptors (Lipinski definition) is 4. The van der Waals surface area contributed by atoms with Gasteiger partial charge in [-0.1, -0.05) is 18.2 Å². The monoisotopic (exact) mass is 418 g/mol. The molecule has 4 rings (SSSR count). The second-order valence-corrected chi connectivity index (χ2v) is 7.41. The lowest BCUT2D eigenvalue weighted by molar-refractivity contribution is -0.117. The zero-order valence-electron chi connectivity index (χ0n) is 17.1. The van der Waals surface area contributed by atoms with Crippen LogP contribution < -0.4 is 14.8 Å². The van der Waals surface area contributed by atoms with Gasteiger partial charge >= 0.3 is 0 Å². The van der Waals surface area contributed by atoms with Crippen LogP contribution in [0, 0.1) is 11.7 Å². The van der Waals surface area contributed by atoms with Gasteiger partial charge in [-0.05, 0) is 72.4 Å². The highest BCUT2D eigenvalue weighted by molar-refractivity contribution is 5.92. The van der Waals surface area contributed by atoms with Crippen molar-refractivity contribution in [2.24, 2.45) is 5.92 Å². The molecule has 1 fully saturated rings. The molecular formula is C25H23FN2O3. The van der Waals surface area contributed by atoms with Gasteiger partial charge < -0.3 is 14.8 Å². The average Bonchev–Trinajstić information content (AvgIpc) is 3.64. The first-order valence-electron chi connectivity index (χ1n) is 10.1. The van der Waals surface area contributed by atoms with Crippen LogP contribution >= 0.6 is 0 Å². The molecule has 1 aliphatic carbocycles. The zero-order valence-corrected chi connectivity index (χ0v) is 17.1. The highest BCUT2D eigenvalue weighted by Crippen LogP contribution is 2.41. The van der Waals surface area contributed by atoms with Crippen LogP contribution in [0.25, 0.3) is 6.08 Å². The molecule has 0 bridgehead atoms. The standard InChI is InChI=1S/C25H23FN2O3/c1-30-20-10-8-19(9-11-20)25(18-6-7-18)28-24(29)13-5-17-4-12-23(22(26)15-17)31-21-3-2-14-27-16-21/h2-5,8-16,18,25H,6-7H2,1H3,(H,28,29)/b13-5+. The van der Waals surface area contributed by atoms with Gasteiger partial charge in [0.25, 0.3) is 0 Å². The van der Waals surface area contributed by atoms with Gasteiger partial charge in [0.15, 0.2) is 11.6 Å². The first-order valence-corrected chi connectivity index (χ1v) is 10.1. The fourth-order valence-corrected chi connectivity index (χ4v) is 3.33. The predicted octanol–water partition coefficient (Wildman–Crippen LogP) is 5.30. The van der Waals surface area contributed by atoms with Crippen LogP contribution in [-0.2, 0) is 4.79 Å². The van der Waals surface area contributed by atoms with E-state index in [0.717, 1.165) is 24.2 Å². The molecule has 0 radical (unpaired) electrons. The molecule has 1 aromatic heterocycles. The lowest BCUT2D eigenvalue weighted by Gasteiger charge is -2.18. The van der Waals surface area contributed by atoms with E-state index in [-0.39, 0.29) is 17.7 Å². The quantitative estimate of drug-likeness (QED) is 0.504. The Balaban J connectivity index is 1.40. The minimum absolute atomic E-state index is 0.0462. The second kappa shape index (κ2) is 9.43. The van der Waals surface area contributed by atoms with Crippen molar-refractivity contribution in [1.29, 1.82) is 0 Å². The molecule has 2 aromatic carbocycles. The zero-order chi connectivity index (χ0) is 21.6. The van der Waals surface area contributed by atoms with Gasteiger partial charge in [-0.3, -0.25) is 9.78 Å². The minimum atomic E-state index is -0.513. The molecule has 31 heavy (non-hydrogen) atoms. The number of rotatable bonds is 8. The summed E-state index contributed by atoms with van der Waals surface area (Å²) in [6, 6.07) is 15.7. The Hall–Kier alpha value is -3.67. The summed E-state index contributed by atoms with van der Waals surface area (Å²) in [5.41, 5.74) is 1.62. The number of benzene rings is 2. The van der Waals surface area contributed by atoms with Gasteiger partial charge in [0.1, 0.15) is 11.5 Å². The van der Waals surface area contributed by atoms with Gasteiger partial charge in [0, 0.05) is 12.3 Å². The van der Waals surface area contributed by atoms with Gasteiger partial charge in [-0.25, -0.2) is 4.39 Å². The first-order chi connectivity index (χ1) is 15.1. The van der Waals surface area contributed by atoms with Crippen molar-refractivity contribution in [3.05, 3.63) is 90.0 Å². The number of methoxy groups -OCH3 is 1. The number of carbonyl (C=O) groups excluding carboxylic acids is 1. The highest BCUT2D eigenvalue weighted by Gasteiger charge is 2.33. The Morgan fingerprint density at radius 2 is 1.97 bits per heavy atom. The van der Waals surface area contributed by atoms with Crippen LogP contribution in [0.15, 0.2) is 73.1 Å². The van der Waals surface area contributed by atoms with E-state index in [1.807, 2.05) is 24.3 Å². The van der Waals surface area contributed by atoms with E-state index in [9.17, 15) is 9.18 Å². The predicted molar refractivity (Wildman–Crippen MR) is 116 cm³/mol. The number of halogens is 1. The van der Waals surface area contributed by atoms with Crippen LogP contribution in [0.3, 0.4) is 0 Å². The van der Waals surface area contributed by atoms with Crippen molar-refractivity contribution in [2.75, 3.05) is 7.11 Å². The Labute approximate surface area is 180 Å². The van der Waals surface area contributed by atoms with Crippen LogP contribution in [0.4, 0.5) is 4.39 Å². The van der Waals surface area contributed by atoms with E-state index in [4.69, 9.17) is 9.47 Å². The smallest absolute Gasteiger partial charge is 0.244 e. The highest BCUT2D eigenvalue weighted by atomic mass is 19.1. The van der Waals surface area contributed by atoms with E-state index >= 15 is 0 Å². The molecule has 6 heteroatoms.